The van der Waals surface area contributed by atoms with Crippen molar-refractivity contribution in [1.82, 2.24) is 5.32 Å². The van der Waals surface area contributed by atoms with Crippen LogP contribution in [-0.2, 0) is 4.74 Å². The number of hydrogen-bond donors (Lipinski definition) is 1. The van der Waals surface area contributed by atoms with Crippen LogP contribution in [0, 0.1) is 5.41 Å². The van der Waals surface area contributed by atoms with Crippen LogP contribution in [0.1, 0.15) is 52.1 Å². The van der Waals surface area contributed by atoms with E-state index in [2.05, 4.69) is 51.2 Å². The summed E-state index contributed by atoms with van der Waals surface area (Å²) in [6, 6.07) is 8.59. The van der Waals surface area contributed by atoms with Crippen molar-refractivity contribution >= 4 is 0 Å². The monoisotopic (exact) mass is 291 g/mol. The van der Waals surface area contributed by atoms with E-state index in [1.165, 1.54) is 5.56 Å². The minimum absolute atomic E-state index is 0.260. The van der Waals surface area contributed by atoms with Gasteiger partial charge in [-0.05, 0) is 31.2 Å². The molecule has 2 rings (SSSR count). The fraction of sp³-hybridized carbons (Fsp3) is 0.667. The molecule has 1 aromatic rings. The van der Waals surface area contributed by atoms with Crippen molar-refractivity contribution in [2.45, 2.75) is 52.7 Å². The van der Waals surface area contributed by atoms with Crippen LogP contribution < -0.4 is 10.1 Å². The van der Waals surface area contributed by atoms with E-state index in [1.807, 2.05) is 6.07 Å². The van der Waals surface area contributed by atoms with E-state index in [9.17, 15) is 0 Å². The molecule has 0 amide bonds. The lowest BCUT2D eigenvalue weighted by Crippen LogP contribution is -2.29. The molecule has 1 saturated heterocycles. The molecule has 0 spiro atoms. The topological polar surface area (TPSA) is 30.5 Å². The van der Waals surface area contributed by atoms with E-state index < -0.39 is 0 Å². The van der Waals surface area contributed by atoms with Gasteiger partial charge in [0.05, 0.1) is 6.10 Å². The Labute approximate surface area is 129 Å². The molecule has 21 heavy (non-hydrogen) atoms. The fourth-order valence-corrected chi connectivity index (χ4v) is 2.50. The molecule has 0 saturated carbocycles. The van der Waals surface area contributed by atoms with Gasteiger partial charge in [0.25, 0.3) is 0 Å². The van der Waals surface area contributed by atoms with Gasteiger partial charge in [-0.2, -0.15) is 0 Å². The molecule has 118 valence electrons. The second kappa shape index (κ2) is 7.28. The maximum absolute atomic E-state index is 6.01. The van der Waals surface area contributed by atoms with Gasteiger partial charge in [0.1, 0.15) is 12.4 Å². The zero-order valence-corrected chi connectivity index (χ0v) is 13.8. The van der Waals surface area contributed by atoms with Crippen molar-refractivity contribution in [2.75, 3.05) is 19.8 Å². The highest BCUT2D eigenvalue weighted by Gasteiger charge is 2.18. The minimum Gasteiger partial charge on any atom is -0.491 e. The van der Waals surface area contributed by atoms with Crippen LogP contribution in [0.5, 0.6) is 5.75 Å². The Hall–Kier alpha value is -1.06. The van der Waals surface area contributed by atoms with E-state index in [4.69, 9.17) is 9.47 Å². The molecule has 1 N–H and O–H groups in total. The first kappa shape index (κ1) is 16.3. The van der Waals surface area contributed by atoms with E-state index in [0.29, 0.717) is 6.61 Å². The normalized spacial score (nSPS) is 20.5. The Balaban J connectivity index is 1.94. The number of ether oxygens (including phenoxy) is 2. The average Bonchev–Trinajstić information content (AvgIpc) is 2.95. The summed E-state index contributed by atoms with van der Waals surface area (Å²) >= 11 is 0. The lowest BCUT2D eigenvalue weighted by atomic mass is 9.96. The third-order valence-electron chi connectivity index (χ3n) is 3.77. The van der Waals surface area contributed by atoms with Gasteiger partial charge in [0.2, 0.25) is 0 Å². The van der Waals surface area contributed by atoms with Crippen LogP contribution in [-0.4, -0.2) is 25.9 Å². The first-order valence-electron chi connectivity index (χ1n) is 8.02. The maximum atomic E-state index is 6.01. The van der Waals surface area contributed by atoms with E-state index >= 15 is 0 Å². The third kappa shape index (κ3) is 5.33. The summed E-state index contributed by atoms with van der Waals surface area (Å²) in [6.07, 6.45) is 2.52. The van der Waals surface area contributed by atoms with E-state index in [0.717, 1.165) is 31.7 Å². The Morgan fingerprint density at radius 3 is 2.76 bits per heavy atom. The molecular weight excluding hydrogens is 262 g/mol. The summed E-state index contributed by atoms with van der Waals surface area (Å²) in [5, 5.41) is 3.60. The molecule has 1 aromatic carbocycles. The molecule has 0 aliphatic carbocycles. The fourth-order valence-electron chi connectivity index (χ4n) is 2.50. The predicted molar refractivity (Wildman–Crippen MR) is 86.8 cm³/mol. The number of nitrogens with one attached hydrogen (secondary N) is 1. The molecule has 0 radical (unpaired) electrons. The van der Waals surface area contributed by atoms with Crippen LogP contribution in [0.4, 0.5) is 0 Å². The first-order chi connectivity index (χ1) is 9.96. The van der Waals surface area contributed by atoms with Crippen molar-refractivity contribution in [3.05, 3.63) is 29.8 Å². The van der Waals surface area contributed by atoms with Gasteiger partial charge in [-0.1, -0.05) is 39.0 Å². The predicted octanol–water partition coefficient (Wildman–Crippen LogP) is 3.94. The molecule has 3 heteroatoms. The summed E-state index contributed by atoms with van der Waals surface area (Å²) in [5.74, 6) is 0.974. The largest absolute Gasteiger partial charge is 0.491 e. The third-order valence-corrected chi connectivity index (χ3v) is 3.77. The highest BCUT2D eigenvalue weighted by atomic mass is 16.5. The smallest absolute Gasteiger partial charge is 0.124 e. The van der Waals surface area contributed by atoms with Gasteiger partial charge in [-0.15, -0.1) is 0 Å². The quantitative estimate of drug-likeness (QED) is 0.861. The maximum Gasteiger partial charge on any atom is 0.124 e. The van der Waals surface area contributed by atoms with Gasteiger partial charge in [-0.25, -0.2) is 0 Å². The van der Waals surface area contributed by atoms with E-state index in [1.54, 1.807) is 0 Å². The van der Waals surface area contributed by atoms with Crippen LogP contribution in [0.2, 0.25) is 0 Å². The number of hydrogen-bond acceptors (Lipinski definition) is 3. The highest BCUT2D eigenvalue weighted by molar-refractivity contribution is 5.35. The van der Waals surface area contributed by atoms with E-state index in [-0.39, 0.29) is 17.6 Å². The zero-order valence-electron chi connectivity index (χ0n) is 13.8. The van der Waals surface area contributed by atoms with Crippen molar-refractivity contribution in [3.63, 3.8) is 0 Å². The summed E-state index contributed by atoms with van der Waals surface area (Å²) in [5.41, 5.74) is 1.50. The Bertz CT molecular complexity index is 433. The standard InChI is InChI=1S/C18H29NO2/c1-14(19-13-18(2,3)4)16-9-5-6-10-17(16)21-12-15-8-7-11-20-15/h5-6,9-10,14-15,19H,7-8,11-13H2,1-4H3. The average molecular weight is 291 g/mol. The van der Waals surface area contributed by atoms with Gasteiger partial charge in [-0.3, -0.25) is 0 Å². The molecule has 1 aliphatic heterocycles. The lowest BCUT2D eigenvalue weighted by Gasteiger charge is -2.24. The zero-order chi connectivity index (χ0) is 15.3. The van der Waals surface area contributed by atoms with Crippen LogP contribution >= 0.6 is 0 Å². The van der Waals surface area contributed by atoms with Gasteiger partial charge >= 0.3 is 0 Å². The number of rotatable bonds is 6. The molecule has 2 atom stereocenters. The van der Waals surface area contributed by atoms with Crippen molar-refractivity contribution in [2.24, 2.45) is 5.41 Å². The summed E-state index contributed by atoms with van der Waals surface area (Å²) in [6.45, 7) is 11.4. The van der Waals surface area contributed by atoms with Crippen molar-refractivity contribution in [3.8, 4) is 5.75 Å². The molecular formula is C18H29NO2. The molecule has 0 bridgehead atoms. The second-order valence-electron chi connectivity index (χ2n) is 7.15. The van der Waals surface area contributed by atoms with Gasteiger partial charge in [0.15, 0.2) is 0 Å². The van der Waals surface area contributed by atoms with Gasteiger partial charge in [0, 0.05) is 24.8 Å². The molecule has 1 aliphatic rings. The Kier molecular flexibility index (Phi) is 5.65. The summed E-state index contributed by atoms with van der Waals surface area (Å²) in [4.78, 5) is 0. The van der Waals surface area contributed by atoms with Crippen molar-refractivity contribution < 1.29 is 9.47 Å². The molecule has 2 unspecified atom stereocenters. The second-order valence-corrected chi connectivity index (χ2v) is 7.15. The summed E-state index contributed by atoms with van der Waals surface area (Å²) in [7, 11) is 0. The molecule has 1 heterocycles. The number of benzene rings is 1. The number of para-hydroxylation sites is 1. The van der Waals surface area contributed by atoms with Crippen LogP contribution in [0.15, 0.2) is 24.3 Å². The molecule has 1 fully saturated rings. The van der Waals surface area contributed by atoms with Gasteiger partial charge < -0.3 is 14.8 Å². The van der Waals surface area contributed by atoms with Crippen LogP contribution in [0.25, 0.3) is 0 Å². The molecule has 3 nitrogen and oxygen atoms in total. The SMILES string of the molecule is CC(NCC(C)(C)C)c1ccccc1OCC1CCCO1. The van der Waals surface area contributed by atoms with Crippen LogP contribution in [0.3, 0.4) is 0 Å². The first-order valence-corrected chi connectivity index (χ1v) is 8.02. The minimum atomic E-state index is 0.260. The summed E-state index contributed by atoms with van der Waals surface area (Å²) < 4.78 is 11.6. The van der Waals surface area contributed by atoms with Crippen molar-refractivity contribution in [1.29, 1.82) is 0 Å². The highest BCUT2D eigenvalue weighted by Crippen LogP contribution is 2.26. The lowest BCUT2D eigenvalue weighted by molar-refractivity contribution is 0.0674. The molecule has 0 aromatic heterocycles. The Morgan fingerprint density at radius 2 is 2.10 bits per heavy atom. The Morgan fingerprint density at radius 1 is 1.33 bits per heavy atom.